The van der Waals surface area contributed by atoms with Gasteiger partial charge in [-0.3, -0.25) is 4.98 Å². The van der Waals surface area contributed by atoms with Crippen LogP contribution in [-0.2, 0) is 4.74 Å². The van der Waals surface area contributed by atoms with E-state index in [1.54, 1.807) is 6.20 Å². The molecule has 1 aliphatic heterocycles. The van der Waals surface area contributed by atoms with Gasteiger partial charge in [-0.1, -0.05) is 0 Å². The van der Waals surface area contributed by atoms with Gasteiger partial charge in [0.05, 0.1) is 24.2 Å². The molecule has 17 heavy (non-hydrogen) atoms. The Hall–Kier alpha value is -1.20. The van der Waals surface area contributed by atoms with Crippen molar-refractivity contribution in [2.24, 2.45) is 0 Å². The van der Waals surface area contributed by atoms with Gasteiger partial charge in [0.25, 0.3) is 0 Å². The Morgan fingerprint density at radius 3 is 2.82 bits per heavy atom. The molecule has 5 heteroatoms. The average Bonchev–Trinajstić information content (AvgIpc) is 2.39. The number of fused-ring (bicyclic) bond motifs is 1. The molecule has 3 rings (SSSR count). The maximum atomic E-state index is 5.34. The van der Waals surface area contributed by atoms with E-state index in [1.165, 1.54) is 0 Å². The maximum absolute atomic E-state index is 5.34. The lowest BCUT2D eigenvalue weighted by atomic mass is 10.3. The van der Waals surface area contributed by atoms with Gasteiger partial charge < -0.3 is 9.64 Å². The topological polar surface area (TPSA) is 38.2 Å². The van der Waals surface area contributed by atoms with Gasteiger partial charge in [-0.05, 0) is 34.1 Å². The molecule has 0 saturated carbocycles. The number of nitrogens with zero attached hydrogens (tertiary/aromatic N) is 3. The highest BCUT2D eigenvalue weighted by atomic mass is 79.9. The number of morpholine rings is 1. The summed E-state index contributed by atoms with van der Waals surface area (Å²) in [6, 6.07) is 6.03. The second-order valence-electron chi connectivity index (χ2n) is 3.96. The molecule has 3 heterocycles. The van der Waals surface area contributed by atoms with E-state index in [2.05, 4.69) is 30.8 Å². The van der Waals surface area contributed by atoms with Crippen LogP contribution >= 0.6 is 15.9 Å². The monoisotopic (exact) mass is 293 g/mol. The van der Waals surface area contributed by atoms with Crippen molar-refractivity contribution >= 4 is 32.8 Å². The zero-order valence-electron chi connectivity index (χ0n) is 9.27. The van der Waals surface area contributed by atoms with Crippen molar-refractivity contribution in [2.75, 3.05) is 31.2 Å². The fourth-order valence-electron chi connectivity index (χ4n) is 1.94. The summed E-state index contributed by atoms with van der Waals surface area (Å²) >= 11 is 3.42. The highest BCUT2D eigenvalue weighted by Gasteiger charge is 2.12. The molecule has 2 aromatic rings. The van der Waals surface area contributed by atoms with Crippen LogP contribution in [0.15, 0.2) is 28.9 Å². The van der Waals surface area contributed by atoms with Crippen LogP contribution in [0, 0.1) is 0 Å². The first-order chi connectivity index (χ1) is 8.33. The minimum absolute atomic E-state index is 0.774. The molecule has 0 aliphatic carbocycles. The van der Waals surface area contributed by atoms with Gasteiger partial charge in [-0.2, -0.15) is 0 Å². The van der Waals surface area contributed by atoms with E-state index in [9.17, 15) is 0 Å². The Kier molecular flexibility index (Phi) is 2.94. The molecule has 1 fully saturated rings. The molecule has 0 amide bonds. The Balaban J connectivity index is 1.99. The number of ether oxygens (including phenoxy) is 1. The van der Waals surface area contributed by atoms with Gasteiger partial charge in [0.1, 0.15) is 5.82 Å². The minimum atomic E-state index is 0.774. The summed E-state index contributed by atoms with van der Waals surface area (Å²) in [6.07, 6.45) is 1.79. The van der Waals surface area contributed by atoms with E-state index in [1.807, 2.05) is 18.2 Å². The second-order valence-corrected chi connectivity index (χ2v) is 4.88. The number of anilines is 1. The molecule has 0 unspecified atom stereocenters. The molecule has 1 aliphatic rings. The number of hydrogen-bond donors (Lipinski definition) is 0. The van der Waals surface area contributed by atoms with Gasteiger partial charge in [-0.15, -0.1) is 0 Å². The van der Waals surface area contributed by atoms with Crippen LogP contribution < -0.4 is 4.90 Å². The Morgan fingerprint density at radius 2 is 2.00 bits per heavy atom. The van der Waals surface area contributed by atoms with Crippen LogP contribution in [0.25, 0.3) is 11.0 Å². The first-order valence-corrected chi connectivity index (χ1v) is 6.37. The third kappa shape index (κ3) is 2.25. The van der Waals surface area contributed by atoms with Crippen molar-refractivity contribution in [3.63, 3.8) is 0 Å². The van der Waals surface area contributed by atoms with Crippen molar-refractivity contribution in [1.29, 1.82) is 0 Å². The largest absolute Gasteiger partial charge is 0.378 e. The fraction of sp³-hybridized carbons (Fsp3) is 0.333. The molecule has 0 bridgehead atoms. The van der Waals surface area contributed by atoms with Gasteiger partial charge in [0.2, 0.25) is 0 Å². The summed E-state index contributed by atoms with van der Waals surface area (Å²) in [6.45, 7) is 3.35. The first kappa shape index (κ1) is 10.9. The van der Waals surface area contributed by atoms with Crippen LogP contribution in [-0.4, -0.2) is 36.3 Å². The fourth-order valence-corrected chi connectivity index (χ4v) is 2.26. The molecule has 0 aromatic carbocycles. The third-order valence-electron chi connectivity index (χ3n) is 2.82. The van der Waals surface area contributed by atoms with E-state index >= 15 is 0 Å². The Bertz CT molecular complexity index is 540. The molecule has 4 nitrogen and oxygen atoms in total. The molecule has 2 aromatic heterocycles. The van der Waals surface area contributed by atoms with Gasteiger partial charge in [0.15, 0.2) is 0 Å². The van der Waals surface area contributed by atoms with E-state index in [4.69, 9.17) is 4.74 Å². The predicted octanol–water partition coefficient (Wildman–Crippen LogP) is 2.23. The maximum Gasteiger partial charge on any atom is 0.129 e. The molecule has 88 valence electrons. The summed E-state index contributed by atoms with van der Waals surface area (Å²) in [5, 5.41) is 0. The van der Waals surface area contributed by atoms with Crippen molar-refractivity contribution in [1.82, 2.24) is 9.97 Å². The standard InChI is InChI=1S/C12H12BrN3O/c13-9-7-11-10(14-8-9)1-2-12(15-11)16-3-5-17-6-4-16/h1-2,7-8H,3-6H2. The van der Waals surface area contributed by atoms with Crippen LogP contribution in [0.1, 0.15) is 0 Å². The SMILES string of the molecule is Brc1cnc2ccc(N3CCOCC3)nc2c1. The molecule has 1 saturated heterocycles. The lowest BCUT2D eigenvalue weighted by molar-refractivity contribution is 0.122. The third-order valence-corrected chi connectivity index (χ3v) is 3.26. The number of rotatable bonds is 1. The summed E-state index contributed by atoms with van der Waals surface area (Å²) in [7, 11) is 0. The second kappa shape index (κ2) is 4.58. The minimum Gasteiger partial charge on any atom is -0.378 e. The normalized spacial score (nSPS) is 16.4. The van der Waals surface area contributed by atoms with Crippen molar-refractivity contribution in [3.8, 4) is 0 Å². The predicted molar refractivity (Wildman–Crippen MR) is 70.3 cm³/mol. The molecule has 0 spiro atoms. The Morgan fingerprint density at radius 1 is 1.18 bits per heavy atom. The average molecular weight is 294 g/mol. The van der Waals surface area contributed by atoms with Crippen LogP contribution in [0.3, 0.4) is 0 Å². The highest BCUT2D eigenvalue weighted by molar-refractivity contribution is 9.10. The Labute approximate surface area is 108 Å². The zero-order chi connectivity index (χ0) is 11.7. The number of halogens is 1. The number of aromatic nitrogens is 2. The summed E-state index contributed by atoms with van der Waals surface area (Å²) in [5.41, 5.74) is 1.84. The van der Waals surface area contributed by atoms with Crippen LogP contribution in [0.2, 0.25) is 0 Å². The van der Waals surface area contributed by atoms with E-state index in [0.717, 1.165) is 47.6 Å². The van der Waals surface area contributed by atoms with E-state index in [0.29, 0.717) is 0 Å². The summed E-state index contributed by atoms with van der Waals surface area (Å²) in [4.78, 5) is 11.2. The van der Waals surface area contributed by atoms with Crippen LogP contribution in [0.4, 0.5) is 5.82 Å². The first-order valence-electron chi connectivity index (χ1n) is 5.58. The molecule has 0 radical (unpaired) electrons. The smallest absolute Gasteiger partial charge is 0.129 e. The summed E-state index contributed by atoms with van der Waals surface area (Å²) < 4.78 is 6.29. The van der Waals surface area contributed by atoms with Crippen molar-refractivity contribution in [3.05, 3.63) is 28.9 Å². The molecule has 0 atom stereocenters. The highest BCUT2D eigenvalue weighted by Crippen LogP contribution is 2.20. The summed E-state index contributed by atoms with van der Waals surface area (Å²) in [5.74, 6) is 1.00. The quantitative estimate of drug-likeness (QED) is 0.808. The van der Waals surface area contributed by atoms with E-state index in [-0.39, 0.29) is 0 Å². The number of hydrogen-bond acceptors (Lipinski definition) is 4. The zero-order valence-corrected chi connectivity index (χ0v) is 10.9. The molecular weight excluding hydrogens is 282 g/mol. The number of pyridine rings is 2. The van der Waals surface area contributed by atoms with Crippen molar-refractivity contribution in [2.45, 2.75) is 0 Å². The molecular formula is C12H12BrN3O. The van der Waals surface area contributed by atoms with Gasteiger partial charge in [0, 0.05) is 23.8 Å². The lowest BCUT2D eigenvalue weighted by Crippen LogP contribution is -2.36. The van der Waals surface area contributed by atoms with Crippen molar-refractivity contribution < 1.29 is 4.74 Å². The van der Waals surface area contributed by atoms with Crippen LogP contribution in [0.5, 0.6) is 0 Å². The van der Waals surface area contributed by atoms with Gasteiger partial charge >= 0.3 is 0 Å². The van der Waals surface area contributed by atoms with E-state index < -0.39 is 0 Å². The van der Waals surface area contributed by atoms with Gasteiger partial charge in [-0.25, -0.2) is 4.98 Å². The lowest BCUT2D eigenvalue weighted by Gasteiger charge is -2.27. The molecule has 0 N–H and O–H groups in total.